The first-order valence-corrected chi connectivity index (χ1v) is 33.2. The molecule has 0 spiro atoms. The number of aliphatic hydroxyl groups is 6. The molecule has 15 atom stereocenters. The fraction of sp³-hybridized carbons (Fsp3) is 0.284. The Morgan fingerprint density at radius 1 is 0.439 bits per heavy atom. The average molecular weight is 1450 g/mol. The van der Waals surface area contributed by atoms with Crippen LogP contribution in [0.2, 0.25) is 15.5 Å². The highest BCUT2D eigenvalue weighted by Gasteiger charge is 2.80. The van der Waals surface area contributed by atoms with Crippen LogP contribution < -0.4 is 45.6 Å². The molecule has 0 radical (unpaired) electrons. The molecule has 9 aromatic rings. The summed E-state index contributed by atoms with van der Waals surface area (Å²) in [6, 6.07) is 54.5. The molecular formula is C74H66BrCl3N8O12. The van der Waals surface area contributed by atoms with Crippen LogP contribution in [0.4, 0.5) is 11.4 Å². The van der Waals surface area contributed by atoms with Gasteiger partial charge in [0.1, 0.15) is 32.7 Å². The lowest BCUT2D eigenvalue weighted by Crippen LogP contribution is -2.52. The number of hydrogen-bond acceptors (Lipinski definition) is 18. The third kappa shape index (κ3) is 9.73. The fourth-order valence-corrected chi connectivity index (χ4v) is 17.5. The summed E-state index contributed by atoms with van der Waals surface area (Å²) in [7, 11) is 4.28. The average Bonchev–Trinajstić information content (AvgIpc) is 1.51. The van der Waals surface area contributed by atoms with Crippen molar-refractivity contribution in [2.45, 2.75) is 69.7 Å². The standard InChI is InChI=1S/2C25H22ClN3O4.C24H22BrClN2O4/c2*1-28-16-10-8-15(9-11-16)25-20(14-6-4-3-5-7-14)17(13-27)22(30)24(25,31)21-18(33-25)12-19(26)29-23(21)32-2;1-31-22-20-17(11-18(26)28-22)32-24(14-7-9-15(25)10-8-14)19(13-5-3-2-4-6-13)16(12-27)21(29)23(20,24)30/h2*3-12,17,20,22,30-31H,13,27H2,2H3;2-11,16,19,21,29-30H,12,27H2,1H3/t2*17-,20-,22-,24+,25+;16-,19-,21-,23+,24+/m111/s1. The molecule has 3 saturated carbocycles. The Kier molecular flexibility index (Phi) is 18.1. The van der Waals surface area contributed by atoms with Gasteiger partial charge in [-0.3, -0.25) is 0 Å². The summed E-state index contributed by atoms with van der Waals surface area (Å²) >= 11 is 22.1. The molecule has 0 saturated heterocycles. The molecule has 3 aliphatic heterocycles. The molecule has 502 valence electrons. The maximum absolute atomic E-state index is 12.5. The molecule has 15 rings (SSSR count). The molecule has 6 aliphatic rings. The van der Waals surface area contributed by atoms with Crippen LogP contribution in [0, 0.1) is 30.9 Å². The summed E-state index contributed by atoms with van der Waals surface area (Å²) in [5.41, 5.74) is 14.5. The second-order valence-corrected chi connectivity index (χ2v) is 26.9. The Labute approximate surface area is 587 Å². The molecule has 12 N–H and O–H groups in total. The van der Waals surface area contributed by atoms with Gasteiger partial charge >= 0.3 is 0 Å². The summed E-state index contributed by atoms with van der Waals surface area (Å²) < 4.78 is 37.2. The number of nitrogens with two attached hydrogens (primary N) is 3. The van der Waals surface area contributed by atoms with Crippen molar-refractivity contribution in [2.24, 2.45) is 35.0 Å². The SMILES string of the molecule is COc1nc(Cl)cc2c1[C@]1(O)[C@H](O)[C@H](CN)[C@@H](c3ccccc3)[C@]1(c1ccc(Br)cc1)O2.[C-]#[N+]c1ccc([C@@]23Oc4cc(Cl)nc(OC)c4[C@]2(O)[C@H](O)[C@H](CN)[C@H]3c2ccccc2)cc1.[C-]#[N+]c1ccc([C@@]23Oc4cc(Cl)nc(OC)c4[C@]2(O)[C@H](O)[C@H](CN)[C@H]3c2ccccc2)cc1. The summed E-state index contributed by atoms with van der Waals surface area (Å²) in [5, 5.41) is 72.7. The van der Waals surface area contributed by atoms with E-state index in [9.17, 15) is 30.6 Å². The molecule has 20 nitrogen and oxygen atoms in total. The van der Waals surface area contributed by atoms with Gasteiger partial charge in [-0.15, -0.1) is 0 Å². The van der Waals surface area contributed by atoms with E-state index in [1.54, 1.807) is 54.6 Å². The number of hydrogen-bond donors (Lipinski definition) is 9. The number of nitrogens with zero attached hydrogens (tertiary/aromatic N) is 5. The van der Waals surface area contributed by atoms with E-state index in [-0.39, 0.29) is 80.9 Å². The second-order valence-electron chi connectivity index (χ2n) is 24.8. The van der Waals surface area contributed by atoms with Crippen molar-refractivity contribution in [3.05, 3.63) is 275 Å². The monoisotopic (exact) mass is 1440 g/mol. The van der Waals surface area contributed by atoms with Gasteiger partial charge in [-0.1, -0.05) is 202 Å². The minimum absolute atomic E-state index is 0.0724. The van der Waals surface area contributed by atoms with E-state index in [0.717, 1.165) is 21.2 Å². The minimum atomic E-state index is -1.95. The van der Waals surface area contributed by atoms with Crippen molar-refractivity contribution in [1.29, 1.82) is 0 Å². The van der Waals surface area contributed by atoms with E-state index in [1.165, 1.54) is 33.5 Å². The van der Waals surface area contributed by atoms with Crippen LogP contribution in [0.15, 0.2) is 186 Å². The lowest BCUT2D eigenvalue weighted by molar-refractivity contribution is -0.152. The summed E-state index contributed by atoms with van der Waals surface area (Å²) in [5.74, 6) is -2.00. The largest absolute Gasteiger partial charge is 0.481 e. The molecule has 3 aliphatic carbocycles. The number of methoxy groups -OCH3 is 3. The van der Waals surface area contributed by atoms with Crippen molar-refractivity contribution in [1.82, 2.24) is 15.0 Å². The van der Waals surface area contributed by atoms with Crippen molar-refractivity contribution in [2.75, 3.05) is 41.0 Å². The topological polar surface area (TPSA) is 302 Å². The molecular weight excluding hydrogens is 1380 g/mol. The smallest absolute Gasteiger partial charge is 0.224 e. The van der Waals surface area contributed by atoms with E-state index in [1.807, 2.05) is 115 Å². The zero-order valence-corrected chi connectivity index (χ0v) is 56.6. The molecule has 3 aromatic heterocycles. The van der Waals surface area contributed by atoms with Crippen LogP contribution in [-0.2, 0) is 33.6 Å². The first-order valence-electron chi connectivity index (χ1n) is 31.2. The Morgan fingerprint density at radius 2 is 0.694 bits per heavy atom. The van der Waals surface area contributed by atoms with Crippen LogP contribution >= 0.6 is 50.7 Å². The van der Waals surface area contributed by atoms with Crippen molar-refractivity contribution in [3.8, 4) is 34.9 Å². The van der Waals surface area contributed by atoms with Crippen molar-refractivity contribution in [3.63, 3.8) is 0 Å². The third-order valence-electron chi connectivity index (χ3n) is 20.5. The van der Waals surface area contributed by atoms with Crippen LogP contribution in [0.1, 0.15) is 67.8 Å². The zero-order chi connectivity index (χ0) is 69.4. The number of aromatic nitrogens is 3. The predicted octanol–water partition coefficient (Wildman–Crippen LogP) is 10.7. The van der Waals surface area contributed by atoms with Gasteiger partial charge in [0.2, 0.25) is 17.6 Å². The molecule has 0 amide bonds. The van der Waals surface area contributed by atoms with E-state index in [0.29, 0.717) is 33.8 Å². The lowest BCUT2D eigenvalue weighted by Gasteiger charge is -2.41. The number of aliphatic hydroxyl groups excluding tert-OH is 3. The van der Waals surface area contributed by atoms with E-state index >= 15 is 0 Å². The van der Waals surface area contributed by atoms with Crippen LogP contribution in [0.5, 0.6) is 34.9 Å². The molecule has 98 heavy (non-hydrogen) atoms. The van der Waals surface area contributed by atoms with Gasteiger partial charge < -0.3 is 76.3 Å². The first-order chi connectivity index (χ1) is 47.2. The number of benzene rings is 6. The first kappa shape index (κ1) is 68.1. The van der Waals surface area contributed by atoms with E-state index in [2.05, 4.69) is 40.6 Å². The predicted molar refractivity (Wildman–Crippen MR) is 369 cm³/mol. The summed E-state index contributed by atoms with van der Waals surface area (Å²) in [4.78, 5) is 19.6. The number of halogens is 4. The Morgan fingerprint density at radius 3 is 0.929 bits per heavy atom. The quantitative estimate of drug-likeness (QED) is 0.0406. The maximum atomic E-state index is 12.5. The molecule has 24 heteroatoms. The van der Waals surface area contributed by atoms with Gasteiger partial charge in [0.05, 0.1) is 69.5 Å². The van der Waals surface area contributed by atoms with Crippen molar-refractivity contribution >= 4 is 62.1 Å². The highest BCUT2D eigenvalue weighted by Crippen LogP contribution is 2.73. The van der Waals surface area contributed by atoms with E-state index < -0.39 is 87.4 Å². The fourth-order valence-electron chi connectivity index (χ4n) is 16.7. The van der Waals surface area contributed by atoms with Gasteiger partial charge in [0.15, 0.2) is 45.0 Å². The molecule has 0 bridgehead atoms. The van der Waals surface area contributed by atoms with Crippen LogP contribution in [0.25, 0.3) is 9.69 Å². The normalized spacial score (nSPS) is 29.9. The van der Waals surface area contributed by atoms with Gasteiger partial charge in [-0.2, -0.15) is 0 Å². The summed E-state index contributed by atoms with van der Waals surface area (Å²) in [6.45, 7) is 15.0. The van der Waals surface area contributed by atoms with Gasteiger partial charge in [0.25, 0.3) is 0 Å². The van der Waals surface area contributed by atoms with Gasteiger partial charge in [-0.05, 0) is 65.1 Å². The highest BCUT2D eigenvalue weighted by molar-refractivity contribution is 9.10. The Balaban J connectivity index is 0.000000132. The zero-order valence-electron chi connectivity index (χ0n) is 52.8. The molecule has 6 heterocycles. The highest BCUT2D eigenvalue weighted by atomic mass is 79.9. The van der Waals surface area contributed by atoms with Gasteiger partial charge in [0, 0.05) is 58.2 Å². The maximum Gasteiger partial charge on any atom is 0.224 e. The number of rotatable bonds is 12. The Hall–Kier alpha value is -8.46. The molecule has 3 fully saturated rings. The van der Waals surface area contributed by atoms with Crippen molar-refractivity contribution < 1.29 is 59.1 Å². The van der Waals surface area contributed by atoms with Gasteiger partial charge in [-0.25, -0.2) is 24.6 Å². The Bertz CT molecular complexity index is 4380. The number of ether oxygens (including phenoxy) is 6. The lowest BCUT2D eigenvalue weighted by atomic mass is 9.71. The van der Waals surface area contributed by atoms with Crippen LogP contribution in [-0.4, -0.2) is 105 Å². The summed E-state index contributed by atoms with van der Waals surface area (Å²) in [6.07, 6.45) is -3.85. The molecule has 6 aromatic carbocycles. The van der Waals surface area contributed by atoms with Crippen LogP contribution in [0.3, 0.4) is 0 Å². The number of pyridine rings is 3. The minimum Gasteiger partial charge on any atom is -0.481 e. The second kappa shape index (κ2) is 26.0. The third-order valence-corrected chi connectivity index (χ3v) is 21.6. The molecule has 0 unspecified atom stereocenters. The number of fused-ring (bicyclic) bond motifs is 9. The van der Waals surface area contributed by atoms with E-state index in [4.69, 9.17) is 93.6 Å².